The normalized spacial score (nSPS) is 21.2. The Morgan fingerprint density at radius 3 is 2.31 bits per heavy atom. The van der Waals surface area contributed by atoms with Crippen LogP contribution in [0.15, 0.2) is 0 Å². The summed E-state index contributed by atoms with van der Waals surface area (Å²) in [4.78, 5) is 0. The second-order valence-corrected chi connectivity index (χ2v) is 7.61. The molecule has 0 aromatic rings. The van der Waals surface area contributed by atoms with Crippen LogP contribution in [-0.2, 0) is 14.6 Å². The molecule has 1 aliphatic rings. The summed E-state index contributed by atoms with van der Waals surface area (Å²) in [6, 6.07) is 0. The quantitative estimate of drug-likeness (QED) is 0.790. The van der Waals surface area contributed by atoms with E-state index < -0.39 is 9.84 Å². The molecule has 16 heavy (non-hydrogen) atoms. The second-order valence-electron chi connectivity index (χ2n) is 4.94. The highest BCUT2D eigenvalue weighted by atomic mass is 32.2. The lowest BCUT2D eigenvalue weighted by molar-refractivity contribution is -0.0175. The standard InChI is InChI=1S/C11H22O4S/c1-10(2)16(13,14)8-5-11(9-12)3-6-15-7-4-11/h10,12H,3-9H2,1-2H3. The summed E-state index contributed by atoms with van der Waals surface area (Å²) < 4.78 is 28.7. The van der Waals surface area contributed by atoms with Gasteiger partial charge in [0, 0.05) is 19.8 Å². The van der Waals surface area contributed by atoms with Crippen LogP contribution in [0.1, 0.15) is 33.1 Å². The molecule has 0 aromatic carbocycles. The fourth-order valence-electron chi connectivity index (χ4n) is 1.89. The number of aliphatic hydroxyl groups excluding tert-OH is 1. The monoisotopic (exact) mass is 250 g/mol. The zero-order valence-corrected chi connectivity index (χ0v) is 10.9. The van der Waals surface area contributed by atoms with E-state index in [1.54, 1.807) is 13.8 Å². The Labute approximate surface area is 97.9 Å². The zero-order chi connectivity index (χ0) is 12.2. The van der Waals surface area contributed by atoms with Crippen molar-refractivity contribution in [3.05, 3.63) is 0 Å². The predicted molar refractivity (Wildman–Crippen MR) is 63.1 cm³/mol. The van der Waals surface area contributed by atoms with E-state index >= 15 is 0 Å². The van der Waals surface area contributed by atoms with Crippen molar-refractivity contribution < 1.29 is 18.3 Å². The average molecular weight is 250 g/mol. The first kappa shape index (κ1) is 13.9. The van der Waals surface area contributed by atoms with Gasteiger partial charge in [-0.1, -0.05) is 0 Å². The minimum Gasteiger partial charge on any atom is -0.396 e. The summed E-state index contributed by atoms with van der Waals surface area (Å²) in [5.74, 6) is 0.172. The van der Waals surface area contributed by atoms with Crippen molar-refractivity contribution >= 4 is 9.84 Å². The maximum absolute atomic E-state index is 11.7. The van der Waals surface area contributed by atoms with Crippen molar-refractivity contribution in [1.29, 1.82) is 0 Å². The van der Waals surface area contributed by atoms with Crippen LogP contribution in [0.4, 0.5) is 0 Å². The molecule has 0 saturated carbocycles. The van der Waals surface area contributed by atoms with Gasteiger partial charge in [0.2, 0.25) is 0 Å². The van der Waals surface area contributed by atoms with Gasteiger partial charge in [-0.2, -0.15) is 0 Å². The Morgan fingerprint density at radius 1 is 1.31 bits per heavy atom. The highest BCUT2D eigenvalue weighted by Gasteiger charge is 2.33. The van der Waals surface area contributed by atoms with E-state index in [1.807, 2.05) is 0 Å². The summed E-state index contributed by atoms with van der Waals surface area (Å²) in [6.45, 7) is 4.71. The largest absolute Gasteiger partial charge is 0.396 e. The molecular weight excluding hydrogens is 228 g/mol. The van der Waals surface area contributed by atoms with Gasteiger partial charge in [0.15, 0.2) is 9.84 Å². The third-order valence-electron chi connectivity index (χ3n) is 3.52. The molecule has 1 N–H and O–H groups in total. The van der Waals surface area contributed by atoms with E-state index in [4.69, 9.17) is 4.74 Å². The van der Waals surface area contributed by atoms with Crippen LogP contribution < -0.4 is 0 Å². The van der Waals surface area contributed by atoms with Crippen LogP contribution in [0.5, 0.6) is 0 Å². The summed E-state index contributed by atoms with van der Waals surface area (Å²) in [5, 5.41) is 9.10. The summed E-state index contributed by atoms with van der Waals surface area (Å²) in [7, 11) is -3.00. The Kier molecular flexibility index (Phi) is 4.76. The highest BCUT2D eigenvalue weighted by Crippen LogP contribution is 2.34. The summed E-state index contributed by atoms with van der Waals surface area (Å²) in [6.07, 6.45) is 2.07. The number of rotatable bonds is 5. The van der Waals surface area contributed by atoms with Crippen molar-refractivity contribution in [1.82, 2.24) is 0 Å². The van der Waals surface area contributed by atoms with Crippen molar-refractivity contribution in [2.75, 3.05) is 25.6 Å². The second kappa shape index (κ2) is 5.47. The molecule has 0 spiro atoms. The van der Waals surface area contributed by atoms with Crippen LogP contribution >= 0.6 is 0 Å². The van der Waals surface area contributed by atoms with Gasteiger partial charge in [0.05, 0.1) is 11.0 Å². The van der Waals surface area contributed by atoms with Crippen molar-refractivity contribution in [3.63, 3.8) is 0 Å². The van der Waals surface area contributed by atoms with Gasteiger partial charge in [-0.25, -0.2) is 8.42 Å². The van der Waals surface area contributed by atoms with E-state index in [1.165, 1.54) is 0 Å². The fraction of sp³-hybridized carbons (Fsp3) is 1.00. The van der Waals surface area contributed by atoms with Crippen LogP contribution in [-0.4, -0.2) is 44.3 Å². The third kappa shape index (κ3) is 3.43. The van der Waals surface area contributed by atoms with Gasteiger partial charge in [0.1, 0.15) is 0 Å². The van der Waals surface area contributed by atoms with Crippen LogP contribution in [0.2, 0.25) is 0 Å². The van der Waals surface area contributed by atoms with Crippen molar-refractivity contribution in [3.8, 4) is 0 Å². The molecule has 1 heterocycles. The molecule has 1 rings (SSSR count). The smallest absolute Gasteiger partial charge is 0.152 e. The van der Waals surface area contributed by atoms with Crippen molar-refractivity contribution in [2.24, 2.45) is 5.41 Å². The topological polar surface area (TPSA) is 63.6 Å². The highest BCUT2D eigenvalue weighted by molar-refractivity contribution is 7.91. The van der Waals surface area contributed by atoms with E-state index in [-0.39, 0.29) is 23.0 Å². The Balaban J connectivity index is 2.58. The van der Waals surface area contributed by atoms with Crippen LogP contribution in [0.25, 0.3) is 0 Å². The number of sulfone groups is 1. The van der Waals surface area contributed by atoms with Gasteiger partial charge < -0.3 is 9.84 Å². The first-order valence-corrected chi connectivity index (χ1v) is 7.54. The maximum atomic E-state index is 11.7. The molecule has 96 valence electrons. The Bertz CT molecular complexity index is 302. The molecule has 0 radical (unpaired) electrons. The van der Waals surface area contributed by atoms with E-state index in [0.717, 1.165) is 12.8 Å². The predicted octanol–water partition coefficient (Wildman–Crippen LogP) is 0.989. The van der Waals surface area contributed by atoms with Gasteiger partial charge in [0.25, 0.3) is 0 Å². The summed E-state index contributed by atoms with van der Waals surface area (Å²) >= 11 is 0. The molecule has 1 fully saturated rings. The number of hydrogen-bond acceptors (Lipinski definition) is 4. The van der Waals surface area contributed by atoms with Crippen LogP contribution in [0.3, 0.4) is 0 Å². The molecule has 0 aromatic heterocycles. The average Bonchev–Trinajstić information content (AvgIpc) is 2.28. The number of ether oxygens (including phenoxy) is 1. The van der Waals surface area contributed by atoms with E-state index in [2.05, 4.69) is 0 Å². The molecule has 1 saturated heterocycles. The van der Waals surface area contributed by atoms with Gasteiger partial charge in [-0.05, 0) is 38.5 Å². The van der Waals surface area contributed by atoms with Gasteiger partial charge in [-0.3, -0.25) is 0 Å². The molecule has 5 heteroatoms. The first-order chi connectivity index (χ1) is 7.42. The summed E-state index contributed by atoms with van der Waals surface area (Å²) in [5.41, 5.74) is -0.236. The molecule has 0 bridgehead atoms. The van der Waals surface area contributed by atoms with Crippen LogP contribution in [0, 0.1) is 5.41 Å². The first-order valence-electron chi connectivity index (χ1n) is 5.82. The molecule has 1 aliphatic heterocycles. The van der Waals surface area contributed by atoms with E-state index in [0.29, 0.717) is 19.6 Å². The molecule has 0 atom stereocenters. The lowest BCUT2D eigenvalue weighted by atomic mass is 9.79. The SMILES string of the molecule is CC(C)S(=O)(=O)CCC1(CO)CCOCC1. The minimum absolute atomic E-state index is 0.0595. The number of aliphatic hydroxyl groups is 1. The zero-order valence-electron chi connectivity index (χ0n) is 10.1. The van der Waals surface area contributed by atoms with Gasteiger partial charge >= 0.3 is 0 Å². The molecule has 0 amide bonds. The fourth-order valence-corrected chi connectivity index (χ4v) is 3.07. The lowest BCUT2D eigenvalue weighted by Gasteiger charge is -2.35. The third-order valence-corrected chi connectivity index (χ3v) is 5.73. The van der Waals surface area contributed by atoms with E-state index in [9.17, 15) is 13.5 Å². The molecule has 0 aliphatic carbocycles. The lowest BCUT2D eigenvalue weighted by Crippen LogP contribution is -2.35. The minimum atomic E-state index is -3.00. The van der Waals surface area contributed by atoms with Gasteiger partial charge in [-0.15, -0.1) is 0 Å². The van der Waals surface area contributed by atoms with Crippen molar-refractivity contribution in [2.45, 2.75) is 38.4 Å². The molecular formula is C11H22O4S. The number of hydrogen-bond donors (Lipinski definition) is 1. The Hall–Kier alpha value is -0.130. The Morgan fingerprint density at radius 2 is 1.88 bits per heavy atom. The molecule has 4 nitrogen and oxygen atoms in total. The maximum Gasteiger partial charge on any atom is 0.152 e. The molecule has 0 unspecified atom stereocenters.